The molecule has 0 aliphatic heterocycles. The van der Waals surface area contributed by atoms with Crippen LogP contribution in [-0.4, -0.2) is 36.0 Å². The van der Waals surface area contributed by atoms with E-state index in [9.17, 15) is 0 Å². The third kappa shape index (κ3) is 7.46. The molecule has 0 bridgehead atoms. The third-order valence-electron chi connectivity index (χ3n) is 4.36. The van der Waals surface area contributed by atoms with Crippen molar-refractivity contribution in [1.82, 2.24) is 15.1 Å². The van der Waals surface area contributed by atoms with Gasteiger partial charge in [0, 0.05) is 30.1 Å². The van der Waals surface area contributed by atoms with Crippen molar-refractivity contribution in [1.29, 1.82) is 0 Å². The molecule has 0 radical (unpaired) electrons. The molecule has 8 heteroatoms. The van der Waals surface area contributed by atoms with Crippen molar-refractivity contribution < 1.29 is 9.47 Å². The molecule has 0 saturated heterocycles. The van der Waals surface area contributed by atoms with E-state index in [1.165, 1.54) is 5.56 Å². The fraction of sp³-hybridized carbons (Fsp3) is 0.304. The number of rotatable bonds is 9. The molecule has 31 heavy (non-hydrogen) atoms. The number of aliphatic imine (C=N–C) groups is 1. The summed E-state index contributed by atoms with van der Waals surface area (Å²) < 4.78 is 12.9. The minimum Gasteiger partial charge on any atom is -0.493 e. The number of nitrogens with one attached hydrogen (secondary N) is 2. The summed E-state index contributed by atoms with van der Waals surface area (Å²) in [4.78, 5) is 4.68. The van der Waals surface area contributed by atoms with Gasteiger partial charge in [0.1, 0.15) is 0 Å². The molecule has 0 aliphatic carbocycles. The van der Waals surface area contributed by atoms with Crippen molar-refractivity contribution in [3.05, 3.63) is 72.1 Å². The van der Waals surface area contributed by atoms with Crippen molar-refractivity contribution in [2.45, 2.75) is 26.9 Å². The lowest BCUT2D eigenvalue weighted by Gasteiger charge is -2.14. The number of guanidine groups is 1. The number of ether oxygens (including phenoxy) is 2. The molecule has 2 N–H and O–H groups in total. The van der Waals surface area contributed by atoms with Crippen LogP contribution < -0.4 is 20.1 Å². The van der Waals surface area contributed by atoms with E-state index in [1.54, 1.807) is 7.11 Å². The summed E-state index contributed by atoms with van der Waals surface area (Å²) in [6, 6.07) is 16.0. The highest BCUT2D eigenvalue weighted by Crippen LogP contribution is 2.30. The van der Waals surface area contributed by atoms with Crippen LogP contribution in [0.25, 0.3) is 0 Å². The highest BCUT2D eigenvalue weighted by Gasteiger charge is 2.07. The Labute approximate surface area is 200 Å². The number of aromatic nitrogens is 2. The van der Waals surface area contributed by atoms with Crippen LogP contribution >= 0.6 is 24.0 Å². The second-order valence-corrected chi connectivity index (χ2v) is 6.65. The maximum absolute atomic E-state index is 5.58. The Morgan fingerprint density at radius 1 is 1.06 bits per heavy atom. The first-order valence-corrected chi connectivity index (χ1v) is 10.1. The van der Waals surface area contributed by atoms with Crippen LogP contribution in [0, 0.1) is 0 Å². The predicted molar refractivity (Wildman–Crippen MR) is 136 cm³/mol. The first-order valence-electron chi connectivity index (χ1n) is 10.1. The van der Waals surface area contributed by atoms with E-state index in [2.05, 4.69) is 32.9 Å². The lowest BCUT2D eigenvalue weighted by molar-refractivity contribution is 0.311. The fourth-order valence-electron chi connectivity index (χ4n) is 2.98. The predicted octanol–water partition coefficient (Wildman–Crippen LogP) is 4.53. The zero-order valence-corrected chi connectivity index (χ0v) is 20.5. The Morgan fingerprint density at radius 3 is 2.58 bits per heavy atom. The second-order valence-electron chi connectivity index (χ2n) is 6.65. The van der Waals surface area contributed by atoms with E-state index in [-0.39, 0.29) is 24.0 Å². The van der Waals surface area contributed by atoms with E-state index in [0.717, 1.165) is 30.1 Å². The maximum atomic E-state index is 5.58. The van der Waals surface area contributed by atoms with Crippen LogP contribution in [0.2, 0.25) is 0 Å². The molecule has 1 heterocycles. The molecule has 166 valence electrons. The third-order valence-corrected chi connectivity index (χ3v) is 4.36. The molecule has 0 fully saturated rings. The standard InChI is InChI=1S/C23H29N5O2.HI/c1-4-24-23(27-20-11-12-21(30-5-2)22(13-20)29-3)25-14-19-15-26-28(17-19)16-18-9-7-6-8-10-18;/h6-13,15,17H,4-5,14,16H2,1-3H3,(H2,24,25,27);1H. The Kier molecular flexibility index (Phi) is 10.2. The highest BCUT2D eigenvalue weighted by molar-refractivity contribution is 14.0. The van der Waals surface area contributed by atoms with E-state index in [4.69, 9.17) is 9.47 Å². The van der Waals surface area contributed by atoms with Crippen LogP contribution in [0.15, 0.2) is 65.9 Å². The monoisotopic (exact) mass is 535 g/mol. The molecule has 0 amide bonds. The molecule has 0 aliphatic rings. The van der Waals surface area contributed by atoms with Crippen LogP contribution in [0.1, 0.15) is 25.0 Å². The van der Waals surface area contributed by atoms with Crippen LogP contribution in [-0.2, 0) is 13.1 Å². The van der Waals surface area contributed by atoms with Gasteiger partial charge in [-0.25, -0.2) is 4.99 Å². The SMILES string of the molecule is CCNC(=NCc1cnn(Cc2ccccc2)c1)Nc1ccc(OCC)c(OC)c1.I. The molecule has 3 rings (SSSR count). The Hall–Kier alpha value is -2.75. The first-order chi connectivity index (χ1) is 14.7. The topological polar surface area (TPSA) is 72.7 Å². The van der Waals surface area contributed by atoms with E-state index >= 15 is 0 Å². The van der Waals surface area contributed by atoms with Gasteiger partial charge in [-0.15, -0.1) is 24.0 Å². The zero-order valence-electron chi connectivity index (χ0n) is 18.2. The molecule has 0 atom stereocenters. The van der Waals surface area contributed by atoms with Crippen molar-refractivity contribution in [2.24, 2.45) is 4.99 Å². The second kappa shape index (κ2) is 12.8. The smallest absolute Gasteiger partial charge is 0.196 e. The van der Waals surface area contributed by atoms with Gasteiger partial charge in [0.2, 0.25) is 0 Å². The minimum absolute atomic E-state index is 0. The van der Waals surface area contributed by atoms with Gasteiger partial charge in [0.15, 0.2) is 17.5 Å². The summed E-state index contributed by atoms with van der Waals surface area (Å²) in [6.45, 7) is 6.60. The summed E-state index contributed by atoms with van der Waals surface area (Å²) in [6.07, 6.45) is 3.88. The van der Waals surface area contributed by atoms with Gasteiger partial charge in [0.05, 0.1) is 33.0 Å². The lowest BCUT2D eigenvalue weighted by Crippen LogP contribution is -2.30. The molecular weight excluding hydrogens is 505 g/mol. The number of hydrogen-bond acceptors (Lipinski definition) is 4. The number of benzene rings is 2. The van der Waals surface area contributed by atoms with Gasteiger partial charge in [-0.3, -0.25) is 4.68 Å². The Balaban J connectivity index is 0.00000341. The van der Waals surface area contributed by atoms with Crippen molar-refractivity contribution in [3.63, 3.8) is 0 Å². The number of hydrogen-bond donors (Lipinski definition) is 2. The highest BCUT2D eigenvalue weighted by atomic mass is 127. The molecule has 2 aromatic carbocycles. The van der Waals surface area contributed by atoms with Crippen molar-refractivity contribution >= 4 is 35.6 Å². The molecule has 0 spiro atoms. The Bertz CT molecular complexity index is 960. The van der Waals surface area contributed by atoms with Gasteiger partial charge in [0.25, 0.3) is 0 Å². The van der Waals surface area contributed by atoms with Crippen LogP contribution in [0.4, 0.5) is 5.69 Å². The van der Waals surface area contributed by atoms with Gasteiger partial charge in [-0.05, 0) is 31.5 Å². The minimum atomic E-state index is 0. The van der Waals surface area contributed by atoms with Gasteiger partial charge < -0.3 is 20.1 Å². The summed E-state index contributed by atoms with van der Waals surface area (Å²) in [5.41, 5.74) is 3.14. The van der Waals surface area contributed by atoms with Crippen molar-refractivity contribution in [2.75, 3.05) is 25.6 Å². The van der Waals surface area contributed by atoms with Crippen molar-refractivity contribution in [3.8, 4) is 11.5 Å². The number of methoxy groups -OCH3 is 1. The van der Waals surface area contributed by atoms with E-state index in [0.29, 0.717) is 24.9 Å². The molecular formula is C23H30IN5O2. The Morgan fingerprint density at radius 2 is 1.87 bits per heavy atom. The lowest BCUT2D eigenvalue weighted by atomic mass is 10.2. The number of anilines is 1. The number of nitrogens with zero attached hydrogens (tertiary/aromatic N) is 3. The van der Waals surface area contributed by atoms with Crippen LogP contribution in [0.3, 0.4) is 0 Å². The fourth-order valence-corrected chi connectivity index (χ4v) is 2.98. The van der Waals surface area contributed by atoms with E-state index in [1.807, 2.05) is 67.3 Å². The average molecular weight is 535 g/mol. The van der Waals surface area contributed by atoms with Crippen LogP contribution in [0.5, 0.6) is 11.5 Å². The normalized spacial score (nSPS) is 10.9. The average Bonchev–Trinajstić information content (AvgIpc) is 3.21. The molecule has 0 unspecified atom stereocenters. The molecule has 0 saturated carbocycles. The molecule has 7 nitrogen and oxygen atoms in total. The molecule has 1 aromatic heterocycles. The summed E-state index contributed by atoms with van der Waals surface area (Å²) >= 11 is 0. The van der Waals surface area contributed by atoms with Gasteiger partial charge >= 0.3 is 0 Å². The molecule has 3 aromatic rings. The van der Waals surface area contributed by atoms with Gasteiger partial charge in [-0.2, -0.15) is 5.10 Å². The summed E-state index contributed by atoms with van der Waals surface area (Å²) in [5.74, 6) is 2.10. The summed E-state index contributed by atoms with van der Waals surface area (Å²) in [5, 5.41) is 11.0. The zero-order chi connectivity index (χ0) is 21.2. The van der Waals surface area contributed by atoms with Gasteiger partial charge in [-0.1, -0.05) is 30.3 Å². The quantitative estimate of drug-likeness (QED) is 0.239. The summed E-state index contributed by atoms with van der Waals surface area (Å²) in [7, 11) is 1.63. The first kappa shape index (κ1) is 24.5. The maximum Gasteiger partial charge on any atom is 0.196 e. The number of halogens is 1. The van der Waals surface area contributed by atoms with E-state index < -0.39 is 0 Å². The largest absolute Gasteiger partial charge is 0.493 e.